The van der Waals surface area contributed by atoms with E-state index >= 15 is 0 Å². The van der Waals surface area contributed by atoms with Crippen LogP contribution in [0.3, 0.4) is 0 Å². The zero-order valence-corrected chi connectivity index (χ0v) is 9.69. The molecule has 82 valence electrons. The molecule has 1 aliphatic rings. The highest BCUT2D eigenvalue weighted by atomic mass is 16.1. The van der Waals surface area contributed by atoms with Crippen LogP contribution in [-0.4, -0.2) is 12.5 Å². The molecule has 0 N–H and O–H groups in total. The van der Waals surface area contributed by atoms with Crippen LogP contribution in [0.5, 0.6) is 0 Å². The highest BCUT2D eigenvalue weighted by Crippen LogP contribution is 2.44. The van der Waals surface area contributed by atoms with Crippen molar-refractivity contribution >= 4 is 12.1 Å². The number of carbonyl (C=O) groups excluding carboxylic acids is 1. The van der Waals surface area contributed by atoms with Gasteiger partial charge in [-0.05, 0) is 30.7 Å². The average Bonchev–Trinajstić information content (AvgIpc) is 2.47. The summed E-state index contributed by atoms with van der Waals surface area (Å²) in [7, 11) is 0. The quantitative estimate of drug-likeness (QED) is 0.673. The molecule has 0 fully saturated rings. The Morgan fingerprint density at radius 2 is 2.19 bits per heavy atom. The minimum atomic E-state index is -0.108. The standard InChI is InChI=1S/C13H14N2O/c1-9-13(2,3)11-6-10(7-14)4-5-12(11)15(9)8-16/h4-6,8-9H,1-3H3. The highest BCUT2D eigenvalue weighted by molar-refractivity contribution is 5.83. The summed E-state index contributed by atoms with van der Waals surface area (Å²) in [5.74, 6) is 0. The second-order valence-electron chi connectivity index (χ2n) is 4.75. The molecule has 2 rings (SSSR count). The van der Waals surface area contributed by atoms with Gasteiger partial charge in [-0.15, -0.1) is 0 Å². The number of benzene rings is 1. The van der Waals surface area contributed by atoms with E-state index < -0.39 is 0 Å². The summed E-state index contributed by atoms with van der Waals surface area (Å²) in [4.78, 5) is 12.8. The van der Waals surface area contributed by atoms with Gasteiger partial charge in [-0.3, -0.25) is 4.79 Å². The Kier molecular flexibility index (Phi) is 2.23. The van der Waals surface area contributed by atoms with E-state index in [1.807, 2.05) is 19.1 Å². The fourth-order valence-corrected chi connectivity index (χ4v) is 2.28. The van der Waals surface area contributed by atoms with Crippen molar-refractivity contribution in [3.63, 3.8) is 0 Å². The molecule has 0 saturated carbocycles. The first-order chi connectivity index (χ1) is 7.52. The number of rotatable bonds is 1. The number of fused-ring (bicyclic) bond motifs is 1. The van der Waals surface area contributed by atoms with Crippen molar-refractivity contribution in [3.8, 4) is 6.07 Å². The van der Waals surface area contributed by atoms with Crippen LogP contribution >= 0.6 is 0 Å². The van der Waals surface area contributed by atoms with Gasteiger partial charge in [-0.2, -0.15) is 5.26 Å². The summed E-state index contributed by atoms with van der Waals surface area (Å²) >= 11 is 0. The van der Waals surface area contributed by atoms with Crippen molar-refractivity contribution in [2.75, 3.05) is 4.90 Å². The molecule has 16 heavy (non-hydrogen) atoms. The van der Waals surface area contributed by atoms with E-state index in [2.05, 4.69) is 19.9 Å². The molecule has 0 aromatic heterocycles. The van der Waals surface area contributed by atoms with Crippen molar-refractivity contribution in [2.24, 2.45) is 0 Å². The molecule has 1 atom stereocenters. The van der Waals surface area contributed by atoms with Gasteiger partial charge in [-0.1, -0.05) is 13.8 Å². The summed E-state index contributed by atoms with van der Waals surface area (Å²) in [5, 5.41) is 8.89. The SMILES string of the molecule is CC1N(C=O)c2ccc(C#N)cc2C1(C)C. The molecular formula is C13H14N2O. The lowest BCUT2D eigenvalue weighted by Crippen LogP contribution is -2.37. The largest absolute Gasteiger partial charge is 0.311 e. The van der Waals surface area contributed by atoms with Gasteiger partial charge in [-0.25, -0.2) is 0 Å². The molecule has 1 amide bonds. The number of amides is 1. The van der Waals surface area contributed by atoms with Crippen LogP contribution < -0.4 is 4.90 Å². The minimum Gasteiger partial charge on any atom is -0.311 e. The Morgan fingerprint density at radius 3 is 2.75 bits per heavy atom. The lowest BCUT2D eigenvalue weighted by Gasteiger charge is -2.27. The van der Waals surface area contributed by atoms with Gasteiger partial charge in [0.2, 0.25) is 6.41 Å². The second-order valence-corrected chi connectivity index (χ2v) is 4.75. The first-order valence-electron chi connectivity index (χ1n) is 5.30. The third kappa shape index (κ3) is 1.23. The average molecular weight is 214 g/mol. The third-order valence-electron chi connectivity index (χ3n) is 3.67. The fourth-order valence-electron chi connectivity index (χ4n) is 2.28. The van der Waals surface area contributed by atoms with Gasteiger partial charge >= 0.3 is 0 Å². The van der Waals surface area contributed by atoms with E-state index in [1.165, 1.54) is 0 Å². The number of nitriles is 1. The molecule has 1 unspecified atom stereocenters. The lowest BCUT2D eigenvalue weighted by atomic mass is 9.81. The molecule has 0 saturated heterocycles. The van der Waals surface area contributed by atoms with Crippen LogP contribution in [0.4, 0.5) is 5.69 Å². The van der Waals surface area contributed by atoms with Crippen LogP contribution in [-0.2, 0) is 10.2 Å². The number of hydrogen-bond donors (Lipinski definition) is 0. The molecule has 1 aromatic carbocycles. The zero-order chi connectivity index (χ0) is 11.9. The second kappa shape index (κ2) is 3.34. The van der Waals surface area contributed by atoms with E-state index in [9.17, 15) is 4.79 Å². The molecule has 1 aliphatic heterocycles. The fraction of sp³-hybridized carbons (Fsp3) is 0.385. The molecule has 3 heteroatoms. The number of carbonyl (C=O) groups is 1. The monoisotopic (exact) mass is 214 g/mol. The van der Waals surface area contributed by atoms with Crippen molar-refractivity contribution in [1.82, 2.24) is 0 Å². The maximum absolute atomic E-state index is 11.1. The van der Waals surface area contributed by atoms with Crippen molar-refractivity contribution in [2.45, 2.75) is 32.2 Å². The van der Waals surface area contributed by atoms with Crippen LogP contribution in [0.15, 0.2) is 18.2 Å². The van der Waals surface area contributed by atoms with E-state index in [0.717, 1.165) is 17.7 Å². The van der Waals surface area contributed by atoms with Gasteiger partial charge in [0.25, 0.3) is 0 Å². The maximum atomic E-state index is 11.1. The Bertz CT molecular complexity index is 485. The van der Waals surface area contributed by atoms with E-state index in [-0.39, 0.29) is 11.5 Å². The van der Waals surface area contributed by atoms with Gasteiger partial charge in [0.1, 0.15) is 0 Å². The summed E-state index contributed by atoms with van der Waals surface area (Å²) in [5.41, 5.74) is 2.53. The number of nitrogens with zero attached hydrogens (tertiary/aromatic N) is 2. The van der Waals surface area contributed by atoms with Crippen LogP contribution in [0, 0.1) is 11.3 Å². The Balaban J connectivity index is 2.65. The number of hydrogen-bond acceptors (Lipinski definition) is 2. The Morgan fingerprint density at radius 1 is 1.50 bits per heavy atom. The normalized spacial score (nSPS) is 21.4. The topological polar surface area (TPSA) is 44.1 Å². The van der Waals surface area contributed by atoms with Gasteiger partial charge in [0.05, 0.1) is 11.6 Å². The highest BCUT2D eigenvalue weighted by Gasteiger charge is 2.41. The number of anilines is 1. The Hall–Kier alpha value is -1.82. The molecule has 1 heterocycles. The summed E-state index contributed by atoms with van der Waals surface area (Å²) < 4.78 is 0. The molecule has 0 bridgehead atoms. The molecule has 0 aliphatic carbocycles. The van der Waals surface area contributed by atoms with E-state index in [4.69, 9.17) is 5.26 Å². The van der Waals surface area contributed by atoms with Crippen molar-refractivity contribution in [3.05, 3.63) is 29.3 Å². The summed E-state index contributed by atoms with van der Waals surface area (Å²) in [6.45, 7) is 6.22. The predicted molar refractivity (Wildman–Crippen MR) is 62.2 cm³/mol. The maximum Gasteiger partial charge on any atom is 0.214 e. The van der Waals surface area contributed by atoms with Crippen LogP contribution in [0.1, 0.15) is 31.9 Å². The minimum absolute atomic E-state index is 0.108. The smallest absolute Gasteiger partial charge is 0.214 e. The molecule has 0 spiro atoms. The van der Waals surface area contributed by atoms with Crippen molar-refractivity contribution < 1.29 is 4.79 Å². The molecule has 0 radical (unpaired) electrons. The zero-order valence-electron chi connectivity index (χ0n) is 9.69. The van der Waals surface area contributed by atoms with E-state index in [0.29, 0.717) is 5.56 Å². The summed E-state index contributed by atoms with van der Waals surface area (Å²) in [6.07, 6.45) is 0.865. The Labute approximate surface area is 95.3 Å². The van der Waals surface area contributed by atoms with Crippen LogP contribution in [0.2, 0.25) is 0 Å². The van der Waals surface area contributed by atoms with Gasteiger partial charge in [0, 0.05) is 17.1 Å². The van der Waals surface area contributed by atoms with Crippen molar-refractivity contribution in [1.29, 1.82) is 5.26 Å². The first kappa shape index (κ1) is 10.7. The van der Waals surface area contributed by atoms with Gasteiger partial charge < -0.3 is 4.90 Å². The first-order valence-corrected chi connectivity index (χ1v) is 5.30. The van der Waals surface area contributed by atoms with E-state index in [1.54, 1.807) is 11.0 Å². The predicted octanol–water partition coefficient (Wildman–Crippen LogP) is 2.20. The lowest BCUT2D eigenvalue weighted by molar-refractivity contribution is -0.107. The molecule has 1 aromatic rings. The van der Waals surface area contributed by atoms with Crippen LogP contribution in [0.25, 0.3) is 0 Å². The molecule has 3 nitrogen and oxygen atoms in total. The van der Waals surface area contributed by atoms with Gasteiger partial charge in [0.15, 0.2) is 0 Å². The summed E-state index contributed by atoms with van der Waals surface area (Å²) in [6, 6.07) is 7.75. The molecular weight excluding hydrogens is 200 g/mol. The third-order valence-corrected chi connectivity index (χ3v) is 3.67.